The van der Waals surface area contributed by atoms with Gasteiger partial charge in [-0.2, -0.15) is 0 Å². The molecule has 1 spiro atoms. The monoisotopic (exact) mass is 420 g/mol. The van der Waals surface area contributed by atoms with Crippen molar-refractivity contribution in [2.24, 2.45) is 5.41 Å². The van der Waals surface area contributed by atoms with Gasteiger partial charge in [0.25, 0.3) is 0 Å². The number of carbonyl (C=O) groups is 2. The summed E-state index contributed by atoms with van der Waals surface area (Å²) in [7, 11) is 0. The molecule has 1 aromatic carbocycles. The predicted molar refractivity (Wildman–Crippen MR) is 126 cm³/mol. The molecule has 2 fully saturated rings. The topological polar surface area (TPSA) is 40.6 Å². The Morgan fingerprint density at radius 3 is 2.42 bits per heavy atom. The van der Waals surface area contributed by atoms with Crippen LogP contribution < -0.4 is 0 Å². The van der Waals surface area contributed by atoms with E-state index in [0.29, 0.717) is 6.42 Å². The number of allylic oxidation sites excluding steroid dienone is 3. The molecule has 0 radical (unpaired) electrons. The van der Waals surface area contributed by atoms with E-state index in [4.69, 9.17) is 0 Å². The van der Waals surface area contributed by atoms with Crippen LogP contribution in [0.25, 0.3) is 5.57 Å². The van der Waals surface area contributed by atoms with Gasteiger partial charge in [-0.3, -0.25) is 9.59 Å². The van der Waals surface area contributed by atoms with Gasteiger partial charge in [0.1, 0.15) is 0 Å². The average molecular weight is 421 g/mol. The van der Waals surface area contributed by atoms with Gasteiger partial charge in [-0.1, -0.05) is 31.2 Å². The number of hydrogen-bond acceptors (Lipinski definition) is 3. The molecule has 3 aliphatic rings. The SMILES string of the molecule is C=C(C)c1ccc(CCN2CCC3(CC2)CCN(C2=CC(=O)CC2)C3=O)c(C)c1CC. The Labute approximate surface area is 187 Å². The molecule has 2 aliphatic heterocycles. The van der Waals surface area contributed by atoms with Crippen LogP contribution in [0.1, 0.15) is 68.2 Å². The zero-order valence-corrected chi connectivity index (χ0v) is 19.4. The van der Waals surface area contributed by atoms with E-state index < -0.39 is 0 Å². The predicted octanol–water partition coefficient (Wildman–Crippen LogP) is 4.69. The maximum Gasteiger partial charge on any atom is 0.233 e. The fourth-order valence-corrected chi connectivity index (χ4v) is 5.77. The van der Waals surface area contributed by atoms with Crippen LogP contribution in [-0.2, 0) is 22.4 Å². The van der Waals surface area contributed by atoms with Crippen LogP contribution in [0.5, 0.6) is 0 Å². The van der Waals surface area contributed by atoms with Crippen LogP contribution in [0.4, 0.5) is 0 Å². The van der Waals surface area contributed by atoms with Crippen molar-refractivity contribution in [3.63, 3.8) is 0 Å². The third kappa shape index (κ3) is 4.15. The number of amides is 1. The summed E-state index contributed by atoms with van der Waals surface area (Å²) in [6, 6.07) is 4.52. The maximum atomic E-state index is 13.2. The fraction of sp³-hybridized carbons (Fsp3) is 0.556. The molecule has 0 saturated carbocycles. The summed E-state index contributed by atoms with van der Waals surface area (Å²) in [6.07, 6.45) is 7.90. The van der Waals surface area contributed by atoms with Crippen molar-refractivity contribution >= 4 is 17.3 Å². The molecule has 0 aromatic heterocycles. The van der Waals surface area contributed by atoms with E-state index in [-0.39, 0.29) is 17.1 Å². The summed E-state index contributed by atoms with van der Waals surface area (Å²) in [6.45, 7) is 14.5. The van der Waals surface area contributed by atoms with E-state index in [1.54, 1.807) is 6.08 Å². The molecule has 0 bridgehead atoms. The van der Waals surface area contributed by atoms with E-state index >= 15 is 0 Å². The number of piperidine rings is 1. The van der Waals surface area contributed by atoms with Crippen LogP contribution in [0.15, 0.2) is 30.5 Å². The quantitative estimate of drug-likeness (QED) is 0.670. The first kappa shape index (κ1) is 22.0. The highest BCUT2D eigenvalue weighted by Crippen LogP contribution is 2.43. The van der Waals surface area contributed by atoms with Crippen molar-refractivity contribution in [3.8, 4) is 0 Å². The Morgan fingerprint density at radius 1 is 1.10 bits per heavy atom. The lowest BCUT2D eigenvalue weighted by atomic mass is 9.77. The second-order valence-electron chi connectivity index (χ2n) is 9.69. The van der Waals surface area contributed by atoms with E-state index in [9.17, 15) is 9.59 Å². The van der Waals surface area contributed by atoms with Crippen molar-refractivity contribution in [3.05, 3.63) is 52.7 Å². The Kier molecular flexibility index (Phi) is 6.20. The van der Waals surface area contributed by atoms with Crippen molar-refractivity contribution in [1.29, 1.82) is 0 Å². The lowest BCUT2D eigenvalue weighted by molar-refractivity contribution is -0.136. The van der Waals surface area contributed by atoms with E-state index in [2.05, 4.69) is 44.4 Å². The van der Waals surface area contributed by atoms with Crippen LogP contribution in [-0.4, -0.2) is 47.7 Å². The minimum atomic E-state index is -0.197. The Bertz CT molecular complexity index is 935. The maximum absolute atomic E-state index is 13.2. The van der Waals surface area contributed by atoms with Gasteiger partial charge in [0.15, 0.2) is 5.78 Å². The molecule has 4 nitrogen and oxygen atoms in total. The Balaban J connectivity index is 1.35. The molecule has 0 unspecified atom stereocenters. The Hall–Kier alpha value is -2.20. The lowest BCUT2D eigenvalue weighted by Crippen LogP contribution is -2.45. The molecule has 0 atom stereocenters. The first-order valence-electron chi connectivity index (χ1n) is 11.9. The molecular formula is C27H36N2O2. The second-order valence-corrected chi connectivity index (χ2v) is 9.69. The van der Waals surface area contributed by atoms with Gasteiger partial charge in [0, 0.05) is 31.3 Å². The van der Waals surface area contributed by atoms with Gasteiger partial charge in [-0.25, -0.2) is 0 Å². The van der Waals surface area contributed by atoms with Gasteiger partial charge in [0.2, 0.25) is 5.91 Å². The molecule has 4 heteroatoms. The summed E-state index contributed by atoms with van der Waals surface area (Å²) >= 11 is 0. The van der Waals surface area contributed by atoms with Crippen molar-refractivity contribution in [2.75, 3.05) is 26.2 Å². The first-order valence-corrected chi connectivity index (χ1v) is 11.9. The highest BCUT2D eigenvalue weighted by atomic mass is 16.2. The van der Waals surface area contributed by atoms with Gasteiger partial charge in [0.05, 0.1) is 5.41 Å². The molecule has 4 rings (SSSR count). The standard InChI is InChI=1S/C27H36N2O2/c1-5-24-20(4)21(6-9-25(24)19(2)3)10-14-28-15-11-27(12-16-28)13-17-29(26(27)31)22-7-8-23(30)18-22/h6,9,18H,2,5,7-8,10-17H2,1,3-4H3. The largest absolute Gasteiger partial charge is 0.316 e. The van der Waals surface area contributed by atoms with Crippen LogP contribution in [0, 0.1) is 12.3 Å². The smallest absolute Gasteiger partial charge is 0.233 e. The molecule has 2 heterocycles. The zero-order valence-electron chi connectivity index (χ0n) is 19.4. The third-order valence-corrected chi connectivity index (χ3v) is 7.85. The molecule has 1 amide bonds. The second kappa shape index (κ2) is 8.74. The molecule has 166 valence electrons. The van der Waals surface area contributed by atoms with Crippen molar-refractivity contribution < 1.29 is 9.59 Å². The van der Waals surface area contributed by atoms with Crippen LogP contribution in [0.2, 0.25) is 0 Å². The molecule has 1 aliphatic carbocycles. The molecule has 0 N–H and O–H groups in total. The molecule has 31 heavy (non-hydrogen) atoms. The zero-order chi connectivity index (χ0) is 22.2. The van der Waals surface area contributed by atoms with Gasteiger partial charge in [-0.15, -0.1) is 0 Å². The average Bonchev–Trinajstić information content (AvgIpc) is 3.31. The van der Waals surface area contributed by atoms with Crippen LogP contribution in [0.3, 0.4) is 0 Å². The van der Waals surface area contributed by atoms with Gasteiger partial charge in [-0.05, 0) is 87.7 Å². The number of ketones is 1. The number of rotatable bonds is 6. The number of carbonyl (C=O) groups excluding carboxylic acids is 2. The third-order valence-electron chi connectivity index (χ3n) is 7.85. The van der Waals surface area contributed by atoms with E-state index in [0.717, 1.165) is 76.0 Å². The fourth-order valence-electron chi connectivity index (χ4n) is 5.77. The van der Waals surface area contributed by atoms with Gasteiger partial charge < -0.3 is 9.80 Å². The number of benzene rings is 1. The number of likely N-dealkylation sites (tertiary alicyclic amines) is 2. The van der Waals surface area contributed by atoms with Crippen molar-refractivity contribution in [2.45, 2.75) is 65.7 Å². The number of nitrogens with zero attached hydrogens (tertiary/aromatic N) is 2. The summed E-state index contributed by atoms with van der Waals surface area (Å²) in [4.78, 5) is 29.3. The number of hydrogen-bond donors (Lipinski definition) is 0. The summed E-state index contributed by atoms with van der Waals surface area (Å²) < 4.78 is 0. The molecular weight excluding hydrogens is 384 g/mol. The highest BCUT2D eigenvalue weighted by molar-refractivity contribution is 5.95. The van der Waals surface area contributed by atoms with Gasteiger partial charge >= 0.3 is 0 Å². The molecule has 1 aromatic rings. The minimum absolute atomic E-state index is 0.163. The first-order chi connectivity index (χ1) is 14.8. The summed E-state index contributed by atoms with van der Waals surface area (Å²) in [5.41, 5.74) is 7.47. The summed E-state index contributed by atoms with van der Waals surface area (Å²) in [5.74, 6) is 0.434. The minimum Gasteiger partial charge on any atom is -0.316 e. The van der Waals surface area contributed by atoms with E-state index in [1.165, 1.54) is 22.3 Å². The lowest BCUT2D eigenvalue weighted by Gasteiger charge is -2.38. The van der Waals surface area contributed by atoms with Crippen LogP contribution >= 0.6 is 0 Å². The van der Waals surface area contributed by atoms with Crippen molar-refractivity contribution in [1.82, 2.24) is 9.80 Å². The summed E-state index contributed by atoms with van der Waals surface area (Å²) in [5, 5.41) is 0. The molecule has 2 saturated heterocycles. The Morgan fingerprint density at radius 2 is 1.81 bits per heavy atom. The normalized spacial score (nSPS) is 21.3. The highest BCUT2D eigenvalue weighted by Gasteiger charge is 2.49. The van der Waals surface area contributed by atoms with E-state index in [1.807, 2.05) is 4.90 Å².